The van der Waals surface area contributed by atoms with Gasteiger partial charge in [0, 0.05) is 17.8 Å². The van der Waals surface area contributed by atoms with Crippen LogP contribution in [-0.4, -0.2) is 14.5 Å². The number of pyridine rings is 1. The smallest absolute Gasteiger partial charge is 0.259 e. The fourth-order valence-corrected chi connectivity index (χ4v) is 2.59. The van der Waals surface area contributed by atoms with Crippen LogP contribution < -0.4 is 5.69 Å². The summed E-state index contributed by atoms with van der Waals surface area (Å²) in [7, 11) is 0. The molecule has 3 rings (SSSR count). The van der Waals surface area contributed by atoms with E-state index in [-0.39, 0.29) is 11.6 Å². The van der Waals surface area contributed by atoms with Crippen LogP contribution in [0.2, 0.25) is 0 Å². The van der Waals surface area contributed by atoms with Gasteiger partial charge in [-0.25, -0.2) is 9.78 Å². The van der Waals surface area contributed by atoms with E-state index in [0.29, 0.717) is 0 Å². The molecule has 0 saturated carbocycles. The Kier molecular flexibility index (Phi) is 3.29. The number of hydrogen-bond donors (Lipinski definition) is 0. The van der Waals surface area contributed by atoms with Gasteiger partial charge >= 0.3 is 5.69 Å². The highest BCUT2D eigenvalue weighted by Gasteiger charge is 2.16. The first-order valence-electron chi connectivity index (χ1n) is 7.02. The van der Waals surface area contributed by atoms with Crippen molar-refractivity contribution < 1.29 is 0 Å². The quantitative estimate of drug-likeness (QED) is 0.723. The maximum absolute atomic E-state index is 12.4. The van der Waals surface area contributed by atoms with Crippen LogP contribution in [-0.2, 0) is 0 Å². The second-order valence-corrected chi connectivity index (χ2v) is 5.45. The first kappa shape index (κ1) is 13.5. The molecule has 0 unspecified atom stereocenters. The monoisotopic (exact) mass is 279 g/mol. The number of aryl methyl sites for hydroxylation is 1. The van der Waals surface area contributed by atoms with E-state index in [0.717, 1.165) is 27.8 Å². The molecular formula is C17H17N3O. The summed E-state index contributed by atoms with van der Waals surface area (Å²) in [5.74, 6) is 0.228. The lowest BCUT2D eigenvalue weighted by molar-refractivity contribution is 0.793. The van der Waals surface area contributed by atoms with Gasteiger partial charge in [0.2, 0.25) is 0 Å². The van der Waals surface area contributed by atoms with Crippen LogP contribution in [0.15, 0.2) is 47.5 Å². The molecule has 2 heterocycles. The minimum atomic E-state index is -0.272. The largest absolute Gasteiger partial charge is 0.352 e. The van der Waals surface area contributed by atoms with E-state index in [4.69, 9.17) is 0 Å². The summed E-state index contributed by atoms with van der Waals surface area (Å²) in [5, 5.41) is 0.940. The fraction of sp³-hybridized carbons (Fsp3) is 0.235. The lowest BCUT2D eigenvalue weighted by Crippen LogP contribution is -2.23. The fourth-order valence-electron chi connectivity index (χ4n) is 2.59. The van der Waals surface area contributed by atoms with Gasteiger partial charge in [-0.15, -0.1) is 0 Å². The zero-order valence-electron chi connectivity index (χ0n) is 12.4. The van der Waals surface area contributed by atoms with Gasteiger partial charge in [-0.3, -0.25) is 9.55 Å². The molecule has 0 aliphatic heterocycles. The molecule has 0 fully saturated rings. The number of benzene rings is 1. The molecule has 0 atom stereocenters. The Bertz CT molecular complexity index is 865. The van der Waals surface area contributed by atoms with Gasteiger partial charge in [0.15, 0.2) is 0 Å². The van der Waals surface area contributed by atoms with E-state index in [9.17, 15) is 4.79 Å². The molecule has 0 N–H and O–H groups in total. The summed E-state index contributed by atoms with van der Waals surface area (Å²) in [6.07, 6.45) is 3.41. The van der Waals surface area contributed by atoms with Crippen molar-refractivity contribution in [2.24, 2.45) is 0 Å². The van der Waals surface area contributed by atoms with Gasteiger partial charge in [0.25, 0.3) is 0 Å². The van der Waals surface area contributed by atoms with E-state index in [1.807, 2.05) is 37.3 Å². The van der Waals surface area contributed by atoms with Gasteiger partial charge in [-0.05, 0) is 30.5 Å². The van der Waals surface area contributed by atoms with Crippen molar-refractivity contribution in [3.05, 3.63) is 64.5 Å². The molecule has 0 amide bonds. The zero-order valence-corrected chi connectivity index (χ0v) is 12.4. The number of para-hydroxylation sites is 1. The number of hydrogen-bond acceptors (Lipinski definition) is 3. The molecule has 1 aromatic carbocycles. The van der Waals surface area contributed by atoms with Gasteiger partial charge < -0.3 is 0 Å². The molecule has 0 bridgehead atoms. The van der Waals surface area contributed by atoms with Crippen LogP contribution in [0, 0.1) is 6.92 Å². The molecule has 0 radical (unpaired) electrons. The van der Waals surface area contributed by atoms with Crippen molar-refractivity contribution in [2.75, 3.05) is 0 Å². The summed E-state index contributed by atoms with van der Waals surface area (Å²) in [4.78, 5) is 20.9. The van der Waals surface area contributed by atoms with Crippen LogP contribution in [0.3, 0.4) is 0 Å². The maximum atomic E-state index is 12.4. The predicted octanol–water partition coefficient (Wildman–Crippen LogP) is 3.21. The van der Waals surface area contributed by atoms with Crippen molar-refractivity contribution in [1.29, 1.82) is 0 Å². The van der Waals surface area contributed by atoms with Gasteiger partial charge in [-0.2, -0.15) is 0 Å². The Labute approximate surface area is 123 Å². The molecule has 4 nitrogen and oxygen atoms in total. The Morgan fingerprint density at radius 3 is 2.62 bits per heavy atom. The van der Waals surface area contributed by atoms with E-state index in [1.165, 1.54) is 0 Å². The lowest BCUT2D eigenvalue weighted by atomic mass is 10.0. The summed E-state index contributed by atoms with van der Waals surface area (Å²) >= 11 is 0. The van der Waals surface area contributed by atoms with Gasteiger partial charge in [0.1, 0.15) is 0 Å². The molecule has 0 aliphatic rings. The zero-order chi connectivity index (χ0) is 15.0. The molecule has 2 aromatic heterocycles. The Balaban J connectivity index is 2.47. The SMILES string of the molecule is Cc1ccnc(C(C)C)c1-n1c(=O)ncc2ccccc21. The molecule has 0 saturated heterocycles. The molecule has 3 aromatic rings. The Morgan fingerprint density at radius 2 is 1.86 bits per heavy atom. The van der Waals surface area contributed by atoms with Crippen molar-refractivity contribution >= 4 is 10.9 Å². The Morgan fingerprint density at radius 1 is 1.10 bits per heavy atom. The number of rotatable bonds is 2. The average molecular weight is 279 g/mol. The molecule has 0 aliphatic carbocycles. The van der Waals surface area contributed by atoms with Crippen molar-refractivity contribution in [2.45, 2.75) is 26.7 Å². The Hall–Kier alpha value is -2.49. The summed E-state index contributed by atoms with van der Waals surface area (Å²) in [6, 6.07) is 9.70. The number of fused-ring (bicyclic) bond motifs is 1. The standard InChI is InChI=1S/C17H17N3O/c1-11(2)15-16(12(3)8-9-18-15)20-14-7-5-4-6-13(14)10-19-17(20)21/h4-11H,1-3H3. The van der Waals surface area contributed by atoms with E-state index in [1.54, 1.807) is 17.0 Å². The predicted molar refractivity (Wildman–Crippen MR) is 84.0 cm³/mol. The third kappa shape index (κ3) is 2.23. The van der Waals surface area contributed by atoms with Gasteiger partial charge in [-0.1, -0.05) is 32.0 Å². The highest BCUT2D eigenvalue weighted by molar-refractivity contribution is 5.80. The third-order valence-electron chi connectivity index (χ3n) is 3.61. The average Bonchev–Trinajstić information content (AvgIpc) is 2.47. The van der Waals surface area contributed by atoms with Crippen LogP contribution in [0.1, 0.15) is 31.0 Å². The van der Waals surface area contributed by atoms with E-state index in [2.05, 4.69) is 23.8 Å². The highest BCUT2D eigenvalue weighted by atomic mass is 16.1. The van der Waals surface area contributed by atoms with Crippen LogP contribution in [0.5, 0.6) is 0 Å². The molecule has 21 heavy (non-hydrogen) atoms. The molecule has 0 spiro atoms. The number of aromatic nitrogens is 3. The minimum absolute atomic E-state index is 0.228. The lowest BCUT2D eigenvalue weighted by Gasteiger charge is -2.17. The van der Waals surface area contributed by atoms with E-state index < -0.39 is 0 Å². The maximum Gasteiger partial charge on any atom is 0.352 e. The number of nitrogens with zero attached hydrogens (tertiary/aromatic N) is 3. The van der Waals surface area contributed by atoms with E-state index >= 15 is 0 Å². The first-order chi connectivity index (χ1) is 10.1. The van der Waals surface area contributed by atoms with Crippen molar-refractivity contribution in [3.63, 3.8) is 0 Å². The highest BCUT2D eigenvalue weighted by Crippen LogP contribution is 2.25. The second kappa shape index (κ2) is 5.13. The minimum Gasteiger partial charge on any atom is -0.259 e. The second-order valence-electron chi connectivity index (χ2n) is 5.45. The summed E-state index contributed by atoms with van der Waals surface area (Å²) in [6.45, 7) is 6.15. The first-order valence-corrected chi connectivity index (χ1v) is 7.02. The van der Waals surface area contributed by atoms with Crippen molar-refractivity contribution in [1.82, 2.24) is 14.5 Å². The summed E-state index contributed by atoms with van der Waals surface area (Å²) in [5.41, 5.74) is 3.37. The molecule has 106 valence electrons. The summed E-state index contributed by atoms with van der Waals surface area (Å²) < 4.78 is 1.67. The van der Waals surface area contributed by atoms with Crippen LogP contribution >= 0.6 is 0 Å². The van der Waals surface area contributed by atoms with Crippen molar-refractivity contribution in [3.8, 4) is 5.69 Å². The topological polar surface area (TPSA) is 47.8 Å². The third-order valence-corrected chi connectivity index (χ3v) is 3.61. The molecular weight excluding hydrogens is 262 g/mol. The van der Waals surface area contributed by atoms with Crippen LogP contribution in [0.4, 0.5) is 0 Å². The van der Waals surface area contributed by atoms with Crippen LogP contribution in [0.25, 0.3) is 16.6 Å². The van der Waals surface area contributed by atoms with Gasteiger partial charge in [0.05, 0.1) is 16.9 Å². The normalized spacial score (nSPS) is 11.2. The molecule has 4 heteroatoms.